The van der Waals surface area contributed by atoms with Crippen LogP contribution in [0.3, 0.4) is 0 Å². The average molecular weight is 397 g/mol. The first-order valence-corrected chi connectivity index (χ1v) is 11.3. The molecule has 1 aliphatic rings. The molecule has 1 aliphatic heterocycles. The van der Waals surface area contributed by atoms with Crippen molar-refractivity contribution in [2.24, 2.45) is 5.92 Å². The van der Waals surface area contributed by atoms with Crippen LogP contribution in [0.1, 0.15) is 32.3 Å². The van der Waals surface area contributed by atoms with Gasteiger partial charge >= 0.3 is 0 Å². The molecule has 1 saturated heterocycles. The van der Waals surface area contributed by atoms with Gasteiger partial charge in [0.15, 0.2) is 0 Å². The Kier molecular flexibility index (Phi) is 7.99. The predicted molar refractivity (Wildman–Crippen MR) is 118 cm³/mol. The maximum atomic E-state index is 12.9. The van der Waals surface area contributed by atoms with Gasteiger partial charge in [0.05, 0.1) is 0 Å². The van der Waals surface area contributed by atoms with E-state index < -0.39 is 0 Å². The van der Waals surface area contributed by atoms with Crippen LogP contribution in [0, 0.1) is 5.92 Å². The second kappa shape index (κ2) is 10.7. The molecule has 1 amide bonds. The van der Waals surface area contributed by atoms with Gasteiger partial charge in [0, 0.05) is 49.3 Å². The molecule has 2 aromatic carbocycles. The molecule has 0 aliphatic carbocycles. The van der Waals surface area contributed by atoms with E-state index in [9.17, 15) is 4.79 Å². The van der Waals surface area contributed by atoms with Gasteiger partial charge in [0.2, 0.25) is 5.91 Å². The van der Waals surface area contributed by atoms with E-state index in [0.29, 0.717) is 24.3 Å². The molecule has 1 atom stereocenters. The quantitative estimate of drug-likeness (QED) is 0.591. The van der Waals surface area contributed by atoms with E-state index >= 15 is 0 Å². The Morgan fingerprint density at radius 3 is 2.29 bits per heavy atom. The first-order chi connectivity index (χ1) is 13.6. The van der Waals surface area contributed by atoms with Crippen molar-refractivity contribution in [2.75, 3.05) is 25.4 Å². The summed E-state index contributed by atoms with van der Waals surface area (Å²) in [5.41, 5.74) is 1.32. The van der Waals surface area contributed by atoms with Crippen LogP contribution in [0.4, 0.5) is 0 Å². The van der Waals surface area contributed by atoms with E-state index in [2.05, 4.69) is 84.3 Å². The molecule has 1 fully saturated rings. The van der Waals surface area contributed by atoms with Gasteiger partial charge in [-0.25, -0.2) is 0 Å². The molecule has 0 spiro atoms. The number of nitrogens with zero attached hydrogens (tertiary/aromatic N) is 2. The fourth-order valence-corrected chi connectivity index (χ4v) is 4.86. The standard InChI is InChI=1S/C24H32N2OS/c1-20(2)17-22(19-28-23-11-7-4-8-12-23)26-16-15-25(14-13-24(26)27)18-21-9-5-3-6-10-21/h3-12,20,22H,13-19H2,1-2H3/t22-/m0/s1. The molecule has 0 radical (unpaired) electrons. The monoisotopic (exact) mass is 396 g/mol. The molecular formula is C24H32N2OS. The third-order valence-electron chi connectivity index (χ3n) is 5.24. The predicted octanol–water partition coefficient (Wildman–Crippen LogP) is 4.93. The molecule has 28 heavy (non-hydrogen) atoms. The van der Waals surface area contributed by atoms with E-state index in [-0.39, 0.29) is 0 Å². The molecule has 0 bridgehead atoms. The Morgan fingerprint density at radius 1 is 0.929 bits per heavy atom. The fourth-order valence-electron chi connectivity index (χ4n) is 3.81. The number of thioether (sulfide) groups is 1. The zero-order chi connectivity index (χ0) is 19.8. The molecule has 0 aromatic heterocycles. The molecule has 150 valence electrons. The van der Waals surface area contributed by atoms with Crippen LogP contribution in [0.2, 0.25) is 0 Å². The van der Waals surface area contributed by atoms with Gasteiger partial charge in [0.1, 0.15) is 0 Å². The Balaban J connectivity index is 1.62. The number of amides is 1. The Bertz CT molecular complexity index is 720. The van der Waals surface area contributed by atoms with E-state index in [1.165, 1.54) is 10.5 Å². The highest BCUT2D eigenvalue weighted by Gasteiger charge is 2.27. The van der Waals surface area contributed by atoms with Crippen LogP contribution in [0.5, 0.6) is 0 Å². The lowest BCUT2D eigenvalue weighted by Gasteiger charge is -2.32. The molecule has 0 saturated carbocycles. The van der Waals surface area contributed by atoms with E-state index in [4.69, 9.17) is 0 Å². The largest absolute Gasteiger partial charge is 0.338 e. The van der Waals surface area contributed by atoms with Crippen molar-refractivity contribution in [3.63, 3.8) is 0 Å². The van der Waals surface area contributed by atoms with E-state index in [1.54, 1.807) is 0 Å². The molecule has 0 unspecified atom stereocenters. The maximum absolute atomic E-state index is 12.9. The van der Waals surface area contributed by atoms with Gasteiger partial charge in [-0.2, -0.15) is 0 Å². The highest BCUT2D eigenvalue weighted by Crippen LogP contribution is 2.24. The maximum Gasteiger partial charge on any atom is 0.224 e. The van der Waals surface area contributed by atoms with Gasteiger partial charge in [-0.05, 0) is 30.0 Å². The lowest BCUT2D eigenvalue weighted by molar-refractivity contribution is -0.132. The van der Waals surface area contributed by atoms with Gasteiger partial charge in [-0.1, -0.05) is 62.4 Å². The summed E-state index contributed by atoms with van der Waals surface area (Å²) in [6.45, 7) is 8.07. The molecule has 3 rings (SSSR count). The van der Waals surface area contributed by atoms with Gasteiger partial charge < -0.3 is 4.90 Å². The number of hydrogen-bond acceptors (Lipinski definition) is 3. The third kappa shape index (κ3) is 6.39. The molecule has 0 N–H and O–H groups in total. The minimum atomic E-state index is 0.300. The first kappa shape index (κ1) is 20.9. The van der Waals surface area contributed by atoms with Gasteiger partial charge in [-0.3, -0.25) is 9.69 Å². The van der Waals surface area contributed by atoms with Crippen molar-refractivity contribution < 1.29 is 4.79 Å². The summed E-state index contributed by atoms with van der Waals surface area (Å²) < 4.78 is 0. The number of rotatable bonds is 8. The summed E-state index contributed by atoms with van der Waals surface area (Å²) in [6, 6.07) is 21.4. The van der Waals surface area contributed by atoms with Crippen molar-refractivity contribution in [3.8, 4) is 0 Å². The Labute approximate surface area is 174 Å². The molecule has 3 nitrogen and oxygen atoms in total. The molecular weight excluding hydrogens is 364 g/mol. The molecule has 2 aromatic rings. The van der Waals surface area contributed by atoms with Crippen LogP contribution in [-0.4, -0.2) is 47.1 Å². The van der Waals surface area contributed by atoms with Crippen molar-refractivity contribution in [1.29, 1.82) is 0 Å². The zero-order valence-electron chi connectivity index (χ0n) is 17.1. The Morgan fingerprint density at radius 2 is 1.61 bits per heavy atom. The highest BCUT2D eigenvalue weighted by molar-refractivity contribution is 7.99. The highest BCUT2D eigenvalue weighted by atomic mass is 32.2. The summed E-state index contributed by atoms with van der Waals surface area (Å²) in [5, 5.41) is 0. The lowest BCUT2D eigenvalue weighted by atomic mass is 10.0. The molecule has 1 heterocycles. The Hall–Kier alpha value is -1.78. The van der Waals surface area contributed by atoms with Crippen molar-refractivity contribution in [2.45, 2.75) is 44.2 Å². The second-order valence-electron chi connectivity index (χ2n) is 8.01. The smallest absolute Gasteiger partial charge is 0.224 e. The van der Waals surface area contributed by atoms with Gasteiger partial charge in [0.25, 0.3) is 0 Å². The SMILES string of the molecule is CC(C)C[C@@H](CSc1ccccc1)N1CCN(Cc2ccccc2)CCC1=O. The topological polar surface area (TPSA) is 23.6 Å². The number of hydrogen-bond donors (Lipinski definition) is 0. The van der Waals surface area contributed by atoms with E-state index in [0.717, 1.165) is 38.4 Å². The number of carbonyl (C=O) groups is 1. The van der Waals surface area contributed by atoms with Crippen molar-refractivity contribution >= 4 is 17.7 Å². The minimum absolute atomic E-state index is 0.300. The third-order valence-corrected chi connectivity index (χ3v) is 6.40. The summed E-state index contributed by atoms with van der Waals surface area (Å²) in [4.78, 5) is 18.8. The minimum Gasteiger partial charge on any atom is -0.338 e. The van der Waals surface area contributed by atoms with Crippen LogP contribution < -0.4 is 0 Å². The zero-order valence-corrected chi connectivity index (χ0v) is 17.9. The lowest BCUT2D eigenvalue weighted by Crippen LogP contribution is -2.43. The van der Waals surface area contributed by atoms with E-state index in [1.807, 2.05) is 11.8 Å². The number of carbonyl (C=O) groups excluding carboxylic acids is 1. The fraction of sp³-hybridized carbons (Fsp3) is 0.458. The summed E-state index contributed by atoms with van der Waals surface area (Å²) in [7, 11) is 0. The van der Waals surface area contributed by atoms with Gasteiger partial charge in [-0.15, -0.1) is 11.8 Å². The van der Waals surface area contributed by atoms with Crippen molar-refractivity contribution in [3.05, 3.63) is 66.2 Å². The van der Waals surface area contributed by atoms with Crippen LogP contribution in [0.25, 0.3) is 0 Å². The number of benzene rings is 2. The normalized spacial score (nSPS) is 17.0. The van der Waals surface area contributed by atoms with Crippen molar-refractivity contribution in [1.82, 2.24) is 9.80 Å². The summed E-state index contributed by atoms with van der Waals surface area (Å²) in [6.07, 6.45) is 1.68. The first-order valence-electron chi connectivity index (χ1n) is 10.4. The second-order valence-corrected chi connectivity index (χ2v) is 9.10. The summed E-state index contributed by atoms with van der Waals surface area (Å²) in [5.74, 6) is 1.86. The summed E-state index contributed by atoms with van der Waals surface area (Å²) >= 11 is 1.87. The molecule has 4 heteroatoms. The van der Waals surface area contributed by atoms with Crippen LogP contribution >= 0.6 is 11.8 Å². The van der Waals surface area contributed by atoms with Crippen LogP contribution in [0.15, 0.2) is 65.6 Å². The average Bonchev–Trinajstić information content (AvgIpc) is 2.88. The van der Waals surface area contributed by atoms with Crippen LogP contribution in [-0.2, 0) is 11.3 Å².